The molecule has 0 radical (unpaired) electrons. The van der Waals surface area contributed by atoms with E-state index in [0.717, 1.165) is 0 Å². The minimum Gasteiger partial charge on any atom is -0.462 e. The van der Waals surface area contributed by atoms with Gasteiger partial charge in [0.2, 0.25) is 5.79 Å². The van der Waals surface area contributed by atoms with Crippen LogP contribution in [0.3, 0.4) is 0 Å². The molecule has 82 heavy (non-hydrogen) atoms. The van der Waals surface area contributed by atoms with Gasteiger partial charge in [0.05, 0.1) is 112 Å². The summed E-state index contributed by atoms with van der Waals surface area (Å²) in [6.45, 7) is 7.99. The summed E-state index contributed by atoms with van der Waals surface area (Å²) in [5, 5.41) is 180. The van der Waals surface area contributed by atoms with Crippen LogP contribution in [0.4, 0.5) is 4.79 Å². The Labute approximate surface area is 479 Å². The van der Waals surface area contributed by atoms with E-state index in [1.54, 1.807) is 56.4 Å². The molecule has 3 aliphatic heterocycles. The summed E-state index contributed by atoms with van der Waals surface area (Å²) in [6.07, 6.45) is -8.32. The summed E-state index contributed by atoms with van der Waals surface area (Å²) in [7, 11) is 0. The third-order valence-corrected chi connectivity index (χ3v) is 14.7. The van der Waals surface area contributed by atoms with E-state index >= 15 is 0 Å². The van der Waals surface area contributed by atoms with Crippen molar-refractivity contribution in [1.82, 2.24) is 16.0 Å². The lowest BCUT2D eigenvalue weighted by Crippen LogP contribution is -2.69. The maximum absolute atomic E-state index is 13.2. The van der Waals surface area contributed by atoms with Crippen molar-refractivity contribution in [3.05, 3.63) is 72.9 Å². The van der Waals surface area contributed by atoms with Crippen molar-refractivity contribution in [2.45, 2.75) is 227 Å². The average molecular weight is 1180 g/mol. The summed E-state index contributed by atoms with van der Waals surface area (Å²) in [6, 6.07) is -3.71. The molecule has 0 aromatic carbocycles. The highest BCUT2D eigenvalue weighted by atomic mass is 16.7. The maximum Gasteiger partial charge on any atom is 0.315 e. The van der Waals surface area contributed by atoms with Crippen molar-refractivity contribution < 1.29 is 115 Å². The highest BCUT2D eigenvalue weighted by molar-refractivity contribution is 5.74. The van der Waals surface area contributed by atoms with Crippen molar-refractivity contribution in [1.29, 1.82) is 0 Å². The Morgan fingerprint density at radius 1 is 0.732 bits per heavy atom. The molecular weight excluding hydrogens is 1080 g/mol. The number of carbonyl (C=O) groups excluding carboxylic acids is 2. The van der Waals surface area contributed by atoms with Crippen LogP contribution >= 0.6 is 0 Å². The summed E-state index contributed by atoms with van der Waals surface area (Å²) in [5.41, 5.74) is 0. The number of hydrogen-bond donors (Lipinski definition) is 19. The van der Waals surface area contributed by atoms with Gasteiger partial charge < -0.3 is 121 Å². The number of aliphatic hydroxyl groups is 16. The van der Waals surface area contributed by atoms with Crippen molar-refractivity contribution in [2.75, 3.05) is 26.3 Å². The van der Waals surface area contributed by atoms with E-state index < -0.39 is 198 Å². The van der Waals surface area contributed by atoms with Gasteiger partial charge in [-0.25, -0.2) is 4.79 Å². The fourth-order valence-electron chi connectivity index (χ4n) is 9.59. The van der Waals surface area contributed by atoms with Gasteiger partial charge in [-0.2, -0.15) is 0 Å². The van der Waals surface area contributed by atoms with E-state index in [2.05, 4.69) is 16.0 Å². The maximum atomic E-state index is 13.2. The van der Waals surface area contributed by atoms with Gasteiger partial charge in [0.15, 0.2) is 12.1 Å². The number of urea groups is 1. The molecule has 26 nitrogen and oxygen atoms in total. The van der Waals surface area contributed by atoms with Crippen LogP contribution in [0.25, 0.3) is 0 Å². The Bertz CT molecular complexity index is 2050. The number of aliphatic hydroxyl groups excluding tert-OH is 14. The standard InChI is InChI=1S/C56H95N3O23/c1-7-8-9-10-11-12-13-14-15-16-17-18-39(81-53-51(73)47(49(71)34(6)80-53)58-30-56(77)52(74)50(72)43(68)29-78-56)24-44-46(59-54(75)57-27-38(64)28-60)42(67)26-55(76,82-44)25-37(63)22-41(66)40(65)20-19-35(61)21-36(62)23-45(69)79-33(5)32(4)48(70)31(2)3/h7-18,31-44,46-53,58,60-68,70-74,76-77H,19-30H2,1-6H3,(H2,57,59,75)/b8-7+,10-9+,12-11+,14-13+,16-15+,18-17+/t32-,33-,34+,35+,36+,37-,38-,39-,40+,41+,42-,43+,44-,46+,47-,48+,49+,50-,51-,52-,53-,55+,56+/m0/s1. The molecule has 19 N–H and O–H groups in total. The van der Waals surface area contributed by atoms with Gasteiger partial charge in [-0.3, -0.25) is 4.79 Å². The molecule has 3 rings (SSSR count). The molecule has 0 unspecified atom stereocenters. The fourth-order valence-corrected chi connectivity index (χ4v) is 9.59. The number of amides is 2. The van der Waals surface area contributed by atoms with Crippen LogP contribution in [-0.2, 0) is 28.5 Å². The lowest BCUT2D eigenvalue weighted by atomic mass is 9.87. The van der Waals surface area contributed by atoms with E-state index in [1.807, 2.05) is 45.1 Å². The molecule has 3 aliphatic rings. The SMILES string of the molecule is C/C=C/C=C/C=C/C=C/C=C/C=C/[C@@H](C[C@@H]1O[C@](O)(C[C@@H](O)C[C@@H](O)[C@H](O)CC[C@@H](O)C[C@@H](O)CC(=O)O[C@@H](C)[C@H](C)[C@H](O)C(C)C)C[C@H](O)[C@H]1NC(=O)NC[C@H](O)CO)O[C@@H]1O[C@H](C)[C@@H](O)[C@H](NC[C@@]2(O)OC[C@@H](O)[C@H](O)[C@@H]2O)[C@@H]1O. The predicted molar refractivity (Wildman–Crippen MR) is 294 cm³/mol. The molecule has 23 atom stereocenters. The molecule has 26 heteroatoms. The molecule has 0 aromatic rings. The average Bonchev–Trinajstić information content (AvgIpc) is 3.44. The van der Waals surface area contributed by atoms with Crippen LogP contribution in [0.1, 0.15) is 92.9 Å². The monoisotopic (exact) mass is 1180 g/mol. The Kier molecular flexibility index (Phi) is 31.6. The zero-order chi connectivity index (χ0) is 61.5. The zero-order valence-electron chi connectivity index (χ0n) is 47.6. The van der Waals surface area contributed by atoms with Gasteiger partial charge in [0.1, 0.15) is 30.5 Å². The molecule has 2 amide bonds. The van der Waals surface area contributed by atoms with Crippen LogP contribution < -0.4 is 16.0 Å². The first-order chi connectivity index (χ1) is 38.5. The summed E-state index contributed by atoms with van der Waals surface area (Å²) in [5.74, 6) is -6.09. The molecule has 0 bridgehead atoms. The zero-order valence-corrected chi connectivity index (χ0v) is 47.6. The van der Waals surface area contributed by atoms with Gasteiger partial charge in [-0.1, -0.05) is 93.7 Å². The van der Waals surface area contributed by atoms with E-state index in [1.165, 1.54) is 13.0 Å². The molecule has 3 fully saturated rings. The number of esters is 1. The summed E-state index contributed by atoms with van der Waals surface area (Å²) < 4.78 is 29.0. The highest BCUT2D eigenvalue weighted by Gasteiger charge is 2.52. The minimum absolute atomic E-state index is 0.0778. The van der Waals surface area contributed by atoms with Crippen molar-refractivity contribution in [3.8, 4) is 0 Å². The third kappa shape index (κ3) is 24.0. The topological polar surface area (TPSA) is 440 Å². The van der Waals surface area contributed by atoms with E-state index in [4.69, 9.17) is 23.7 Å². The van der Waals surface area contributed by atoms with Crippen molar-refractivity contribution in [3.63, 3.8) is 0 Å². The number of rotatable bonds is 33. The van der Waals surface area contributed by atoms with Crippen LogP contribution in [0, 0.1) is 11.8 Å². The first kappa shape index (κ1) is 72.6. The lowest BCUT2D eigenvalue weighted by Gasteiger charge is -2.47. The molecule has 0 saturated carbocycles. The lowest BCUT2D eigenvalue weighted by molar-refractivity contribution is -0.322. The van der Waals surface area contributed by atoms with Crippen LogP contribution in [0.5, 0.6) is 0 Å². The van der Waals surface area contributed by atoms with E-state index in [-0.39, 0.29) is 37.5 Å². The summed E-state index contributed by atoms with van der Waals surface area (Å²) >= 11 is 0. The van der Waals surface area contributed by atoms with Gasteiger partial charge in [-0.05, 0) is 46.0 Å². The minimum atomic E-state index is -2.48. The van der Waals surface area contributed by atoms with Crippen molar-refractivity contribution in [2.24, 2.45) is 11.8 Å². The fraction of sp³-hybridized carbons (Fsp3) is 0.750. The second-order valence-electron chi connectivity index (χ2n) is 22.0. The van der Waals surface area contributed by atoms with E-state index in [9.17, 15) is 91.3 Å². The van der Waals surface area contributed by atoms with Gasteiger partial charge in [0.25, 0.3) is 0 Å². The molecule has 472 valence electrons. The number of ether oxygens (including phenoxy) is 5. The highest BCUT2D eigenvalue weighted by Crippen LogP contribution is 2.36. The first-order valence-corrected chi connectivity index (χ1v) is 28.0. The Morgan fingerprint density at radius 2 is 1.35 bits per heavy atom. The second kappa shape index (κ2) is 35.7. The molecular formula is C56H95N3O23. The molecule has 0 aromatic heterocycles. The van der Waals surface area contributed by atoms with Gasteiger partial charge in [0, 0.05) is 38.1 Å². The second-order valence-corrected chi connectivity index (χ2v) is 22.0. The predicted octanol–water partition coefficient (Wildman–Crippen LogP) is -3.07. The number of allylic oxidation sites excluding steroid dienone is 11. The smallest absolute Gasteiger partial charge is 0.315 e. The molecule has 0 aliphatic carbocycles. The Morgan fingerprint density at radius 3 is 1.96 bits per heavy atom. The van der Waals surface area contributed by atoms with Gasteiger partial charge in [-0.15, -0.1) is 0 Å². The normalized spacial score (nSPS) is 33.2. The number of nitrogens with one attached hydrogen (secondary N) is 3. The molecule has 3 saturated heterocycles. The Hall–Kier alpha value is -3.66. The molecule has 3 heterocycles. The van der Waals surface area contributed by atoms with Crippen LogP contribution in [0.2, 0.25) is 0 Å². The largest absolute Gasteiger partial charge is 0.462 e. The number of carbonyl (C=O) groups is 2. The van der Waals surface area contributed by atoms with Crippen molar-refractivity contribution >= 4 is 12.0 Å². The quantitative estimate of drug-likeness (QED) is 0.0229. The number of hydrogen-bond acceptors (Lipinski definition) is 24. The van der Waals surface area contributed by atoms with Crippen LogP contribution in [-0.4, -0.2) is 254 Å². The molecule has 0 spiro atoms. The van der Waals surface area contributed by atoms with E-state index in [0.29, 0.717) is 0 Å². The van der Waals surface area contributed by atoms with Gasteiger partial charge >= 0.3 is 12.0 Å². The first-order valence-electron chi connectivity index (χ1n) is 28.0. The summed E-state index contributed by atoms with van der Waals surface area (Å²) in [4.78, 5) is 25.7. The van der Waals surface area contributed by atoms with Crippen LogP contribution in [0.15, 0.2) is 72.9 Å². The third-order valence-electron chi connectivity index (χ3n) is 14.7. The Balaban J connectivity index is 1.83.